The second kappa shape index (κ2) is 13.4. The van der Waals surface area contributed by atoms with E-state index in [0.717, 1.165) is 33.0 Å². The van der Waals surface area contributed by atoms with Gasteiger partial charge in [-0.2, -0.15) is 0 Å². The van der Waals surface area contributed by atoms with Crippen LogP contribution in [0.1, 0.15) is 48.9 Å². The summed E-state index contributed by atoms with van der Waals surface area (Å²) >= 11 is 0. The van der Waals surface area contributed by atoms with Crippen molar-refractivity contribution in [1.82, 2.24) is 10.2 Å². The Labute approximate surface area is 232 Å². The van der Waals surface area contributed by atoms with Gasteiger partial charge in [0.1, 0.15) is 12.6 Å². The number of nitrogens with zero attached hydrogens (tertiary/aromatic N) is 2. The van der Waals surface area contributed by atoms with Gasteiger partial charge in [-0.25, -0.2) is 8.42 Å². The summed E-state index contributed by atoms with van der Waals surface area (Å²) in [5.74, 6) is -0.698. The van der Waals surface area contributed by atoms with E-state index in [-0.39, 0.29) is 17.3 Å². The molecule has 0 saturated carbocycles. The van der Waals surface area contributed by atoms with Crippen molar-refractivity contribution >= 4 is 27.5 Å². The minimum absolute atomic E-state index is 0.0990. The van der Waals surface area contributed by atoms with Gasteiger partial charge in [-0.3, -0.25) is 13.9 Å². The number of benzene rings is 3. The minimum Gasteiger partial charge on any atom is -0.354 e. The molecule has 3 aromatic carbocycles. The number of anilines is 1. The highest BCUT2D eigenvalue weighted by Gasteiger charge is 2.34. The highest BCUT2D eigenvalue weighted by molar-refractivity contribution is 7.92. The summed E-state index contributed by atoms with van der Waals surface area (Å²) in [7, 11) is -4.08. The molecule has 208 valence electrons. The smallest absolute Gasteiger partial charge is 0.264 e. The van der Waals surface area contributed by atoms with Gasteiger partial charge in [-0.1, -0.05) is 79.6 Å². The van der Waals surface area contributed by atoms with Gasteiger partial charge < -0.3 is 10.2 Å². The fraction of sp³-hybridized carbons (Fsp3) is 0.355. The predicted molar refractivity (Wildman–Crippen MR) is 156 cm³/mol. The van der Waals surface area contributed by atoms with E-state index in [0.29, 0.717) is 18.7 Å². The highest BCUT2D eigenvalue weighted by atomic mass is 32.2. The number of carbonyl (C=O) groups is 2. The third-order valence-corrected chi connectivity index (χ3v) is 8.45. The number of hydrogen-bond donors (Lipinski definition) is 1. The molecule has 0 fully saturated rings. The van der Waals surface area contributed by atoms with Crippen LogP contribution in [0.15, 0.2) is 77.7 Å². The molecule has 2 amide bonds. The fourth-order valence-electron chi connectivity index (χ4n) is 4.37. The number of rotatable bonds is 12. The SMILES string of the molecule is CCCNC(=O)[C@H](CC)N(Cc1ccc(C)cc1)C(=O)CN(c1ccccc1C)S(=O)(=O)c1ccc(C)cc1. The van der Waals surface area contributed by atoms with Crippen LogP contribution < -0.4 is 9.62 Å². The van der Waals surface area contributed by atoms with Crippen LogP contribution in [0.5, 0.6) is 0 Å². The van der Waals surface area contributed by atoms with Crippen LogP contribution in [-0.4, -0.2) is 44.3 Å². The zero-order valence-electron chi connectivity index (χ0n) is 23.5. The quantitative estimate of drug-likeness (QED) is 0.339. The first kappa shape index (κ1) is 29.9. The maximum absolute atomic E-state index is 14.1. The largest absolute Gasteiger partial charge is 0.354 e. The van der Waals surface area contributed by atoms with Gasteiger partial charge in [0.2, 0.25) is 11.8 Å². The standard InChI is InChI=1S/C31H39N3O4S/c1-6-20-32-31(36)28(7-2)33(21-26-16-12-23(3)13-17-26)30(35)22-34(29-11-9-8-10-25(29)5)39(37,38)27-18-14-24(4)15-19-27/h8-19,28H,6-7,20-22H2,1-5H3,(H,32,36)/t28-/m0/s1. The lowest BCUT2D eigenvalue weighted by atomic mass is 10.1. The number of hydrogen-bond acceptors (Lipinski definition) is 4. The third-order valence-electron chi connectivity index (χ3n) is 6.68. The van der Waals surface area contributed by atoms with Crippen LogP contribution in [0.2, 0.25) is 0 Å². The van der Waals surface area contributed by atoms with E-state index in [4.69, 9.17) is 0 Å². The lowest BCUT2D eigenvalue weighted by molar-refractivity contribution is -0.140. The van der Waals surface area contributed by atoms with Crippen molar-refractivity contribution < 1.29 is 18.0 Å². The fourth-order valence-corrected chi connectivity index (χ4v) is 5.85. The Balaban J connectivity index is 2.05. The summed E-state index contributed by atoms with van der Waals surface area (Å²) in [4.78, 5) is 28.8. The van der Waals surface area contributed by atoms with Crippen LogP contribution in [0, 0.1) is 20.8 Å². The number of nitrogens with one attached hydrogen (secondary N) is 1. The Bertz CT molecular complexity index is 1370. The molecular formula is C31H39N3O4S. The van der Waals surface area contributed by atoms with Crippen molar-refractivity contribution in [1.29, 1.82) is 0 Å². The average molecular weight is 550 g/mol. The Morgan fingerprint density at radius 3 is 2.00 bits per heavy atom. The van der Waals surface area contributed by atoms with E-state index >= 15 is 0 Å². The van der Waals surface area contributed by atoms with E-state index < -0.39 is 28.5 Å². The molecule has 0 spiro atoms. The first-order valence-corrected chi connectivity index (χ1v) is 14.8. The molecule has 8 heteroatoms. The van der Waals surface area contributed by atoms with Gasteiger partial charge in [0.15, 0.2) is 0 Å². The van der Waals surface area contributed by atoms with Gasteiger partial charge in [-0.15, -0.1) is 0 Å². The molecule has 0 aliphatic carbocycles. The van der Waals surface area contributed by atoms with Crippen molar-refractivity contribution in [2.24, 2.45) is 0 Å². The van der Waals surface area contributed by atoms with Crippen LogP contribution in [0.25, 0.3) is 0 Å². The molecule has 0 unspecified atom stereocenters. The molecule has 3 rings (SSSR count). The predicted octanol–water partition coefficient (Wildman–Crippen LogP) is 5.14. The highest BCUT2D eigenvalue weighted by Crippen LogP contribution is 2.27. The number of para-hydroxylation sites is 1. The molecule has 0 saturated heterocycles. The topological polar surface area (TPSA) is 86.8 Å². The van der Waals surface area contributed by atoms with Gasteiger partial charge in [-0.05, 0) is 62.9 Å². The van der Waals surface area contributed by atoms with E-state index in [1.807, 2.05) is 71.0 Å². The van der Waals surface area contributed by atoms with E-state index in [1.54, 1.807) is 36.4 Å². The Morgan fingerprint density at radius 2 is 1.44 bits per heavy atom. The Kier molecular flexibility index (Phi) is 10.3. The van der Waals surface area contributed by atoms with Gasteiger partial charge in [0.05, 0.1) is 10.6 Å². The molecule has 0 radical (unpaired) electrons. The number of aryl methyl sites for hydroxylation is 3. The van der Waals surface area contributed by atoms with Gasteiger partial charge in [0, 0.05) is 13.1 Å². The average Bonchev–Trinajstić information content (AvgIpc) is 2.92. The van der Waals surface area contributed by atoms with Crippen molar-refractivity contribution in [3.63, 3.8) is 0 Å². The maximum Gasteiger partial charge on any atom is 0.264 e. The lowest BCUT2D eigenvalue weighted by Gasteiger charge is -2.33. The first-order valence-electron chi connectivity index (χ1n) is 13.4. The van der Waals surface area contributed by atoms with Crippen molar-refractivity contribution in [2.45, 2.75) is 64.9 Å². The molecule has 0 heterocycles. The monoisotopic (exact) mass is 549 g/mol. The summed E-state index contributed by atoms with van der Waals surface area (Å²) in [6, 6.07) is 20.7. The van der Waals surface area contributed by atoms with E-state index in [9.17, 15) is 18.0 Å². The van der Waals surface area contributed by atoms with E-state index in [2.05, 4.69) is 5.32 Å². The molecule has 0 aromatic heterocycles. The Hall–Kier alpha value is -3.65. The minimum atomic E-state index is -4.08. The molecular weight excluding hydrogens is 510 g/mol. The second-order valence-electron chi connectivity index (χ2n) is 9.83. The summed E-state index contributed by atoms with van der Waals surface area (Å²) in [6.45, 7) is 9.74. The van der Waals surface area contributed by atoms with Crippen molar-refractivity contribution in [3.05, 3.63) is 95.1 Å². The summed E-state index contributed by atoms with van der Waals surface area (Å²) in [6.07, 6.45) is 1.16. The first-order chi connectivity index (χ1) is 18.6. The van der Waals surface area contributed by atoms with Crippen LogP contribution in [-0.2, 0) is 26.2 Å². The van der Waals surface area contributed by atoms with Crippen LogP contribution in [0.3, 0.4) is 0 Å². The molecule has 1 atom stereocenters. The zero-order valence-corrected chi connectivity index (χ0v) is 24.3. The van der Waals surface area contributed by atoms with Crippen molar-refractivity contribution in [2.75, 3.05) is 17.4 Å². The maximum atomic E-state index is 14.1. The number of carbonyl (C=O) groups excluding carboxylic acids is 2. The lowest BCUT2D eigenvalue weighted by Crippen LogP contribution is -2.52. The number of amides is 2. The molecule has 3 aromatic rings. The normalized spacial score (nSPS) is 12.0. The summed E-state index contributed by atoms with van der Waals surface area (Å²) in [5, 5.41) is 2.90. The van der Waals surface area contributed by atoms with Crippen LogP contribution in [0.4, 0.5) is 5.69 Å². The number of sulfonamides is 1. The van der Waals surface area contributed by atoms with Gasteiger partial charge >= 0.3 is 0 Å². The third kappa shape index (κ3) is 7.47. The molecule has 0 aliphatic rings. The van der Waals surface area contributed by atoms with Gasteiger partial charge in [0.25, 0.3) is 10.0 Å². The zero-order chi connectivity index (χ0) is 28.6. The molecule has 39 heavy (non-hydrogen) atoms. The Morgan fingerprint density at radius 1 is 0.846 bits per heavy atom. The second-order valence-corrected chi connectivity index (χ2v) is 11.7. The van der Waals surface area contributed by atoms with Crippen molar-refractivity contribution in [3.8, 4) is 0 Å². The van der Waals surface area contributed by atoms with E-state index in [1.165, 1.54) is 4.90 Å². The summed E-state index contributed by atoms with van der Waals surface area (Å²) in [5.41, 5.74) is 4.02. The molecule has 7 nitrogen and oxygen atoms in total. The molecule has 0 aliphatic heterocycles. The molecule has 1 N–H and O–H groups in total. The molecule has 0 bridgehead atoms. The van der Waals surface area contributed by atoms with Crippen LogP contribution >= 0.6 is 0 Å². The summed E-state index contributed by atoms with van der Waals surface area (Å²) < 4.78 is 29.0.